The van der Waals surface area contributed by atoms with Crippen molar-refractivity contribution in [3.63, 3.8) is 0 Å². The van der Waals surface area contributed by atoms with E-state index in [2.05, 4.69) is 20.6 Å². The van der Waals surface area contributed by atoms with Crippen LogP contribution < -0.4 is 20.6 Å². The molecule has 3 rings (SSSR count). The summed E-state index contributed by atoms with van der Waals surface area (Å²) < 4.78 is 27.5. The Morgan fingerprint density at radius 3 is 2.72 bits per heavy atom. The smallest absolute Gasteiger partial charge is 0.306 e. The van der Waals surface area contributed by atoms with E-state index < -0.39 is 22.6 Å². The van der Waals surface area contributed by atoms with Crippen molar-refractivity contribution in [3.8, 4) is 5.75 Å². The minimum absolute atomic E-state index is 0.0335. The van der Waals surface area contributed by atoms with Crippen LogP contribution in [0.15, 0.2) is 24.4 Å². The summed E-state index contributed by atoms with van der Waals surface area (Å²) in [6.07, 6.45) is 4.52. The van der Waals surface area contributed by atoms with E-state index in [4.69, 9.17) is 9.92 Å². The number of aliphatic hydroxyl groups excluding tert-OH is 1. The van der Waals surface area contributed by atoms with Gasteiger partial charge in [0.25, 0.3) is 5.91 Å². The number of rotatable bonds is 9. The zero-order chi connectivity index (χ0) is 21.2. The molecule has 10 nitrogen and oxygen atoms in total. The molecule has 1 fully saturated rings. The van der Waals surface area contributed by atoms with Gasteiger partial charge < -0.3 is 25.7 Å². The van der Waals surface area contributed by atoms with Crippen LogP contribution in [0.25, 0.3) is 0 Å². The molecule has 1 unspecified atom stereocenters. The van der Waals surface area contributed by atoms with Crippen molar-refractivity contribution in [2.24, 2.45) is 11.7 Å². The number of nitrogens with two attached hydrogens (primary N) is 1. The number of aliphatic hydroxyl groups is 1. The van der Waals surface area contributed by atoms with Crippen LogP contribution >= 0.6 is 0 Å². The molecule has 0 saturated heterocycles. The standard InChI is InChI=1S/C18H23N5O5S/c1-10(11-3-4-11)21-17-14(16(19)25)8-20-18(23-17)22-13-5-6-15(12(7-13)9-24)28-29(2,26)27/h5-8,10-11,24H,3-4,9H2,1-2H3,(H2,19,25)(H2,20,21,22,23). The topological polar surface area (TPSA) is 157 Å². The molecule has 2 aromatic rings. The van der Waals surface area contributed by atoms with Crippen LogP contribution in [0.3, 0.4) is 0 Å². The third-order valence-corrected chi connectivity index (χ3v) is 4.96. The maximum Gasteiger partial charge on any atom is 0.306 e. The van der Waals surface area contributed by atoms with E-state index >= 15 is 0 Å². The predicted molar refractivity (Wildman–Crippen MR) is 107 cm³/mol. The molecule has 29 heavy (non-hydrogen) atoms. The van der Waals surface area contributed by atoms with Crippen LogP contribution in [0.2, 0.25) is 0 Å². The number of hydrogen-bond acceptors (Lipinski definition) is 9. The highest BCUT2D eigenvalue weighted by molar-refractivity contribution is 7.86. The number of primary amides is 1. The molecule has 11 heteroatoms. The summed E-state index contributed by atoms with van der Waals surface area (Å²) >= 11 is 0. The van der Waals surface area contributed by atoms with Gasteiger partial charge >= 0.3 is 10.1 Å². The fourth-order valence-corrected chi connectivity index (χ4v) is 3.31. The van der Waals surface area contributed by atoms with Gasteiger partial charge in [0.2, 0.25) is 5.95 Å². The molecule has 0 spiro atoms. The van der Waals surface area contributed by atoms with Crippen molar-refractivity contribution >= 4 is 33.5 Å². The Morgan fingerprint density at radius 2 is 2.14 bits per heavy atom. The van der Waals surface area contributed by atoms with Gasteiger partial charge in [-0.2, -0.15) is 13.4 Å². The van der Waals surface area contributed by atoms with Gasteiger partial charge in [-0.25, -0.2) is 4.98 Å². The van der Waals surface area contributed by atoms with Crippen LogP contribution in [0.5, 0.6) is 5.75 Å². The lowest BCUT2D eigenvalue weighted by atomic mass is 10.2. The predicted octanol–water partition coefficient (Wildman–Crippen LogP) is 1.36. The highest BCUT2D eigenvalue weighted by Gasteiger charge is 2.29. The molecule has 1 aromatic carbocycles. The Kier molecular flexibility index (Phi) is 5.89. The van der Waals surface area contributed by atoms with E-state index in [0.29, 0.717) is 17.4 Å². The molecule has 1 heterocycles. The van der Waals surface area contributed by atoms with Crippen molar-refractivity contribution in [3.05, 3.63) is 35.5 Å². The van der Waals surface area contributed by atoms with Gasteiger partial charge in [0.15, 0.2) is 0 Å². The number of anilines is 3. The number of carbonyl (C=O) groups excluding carboxylic acids is 1. The van der Waals surface area contributed by atoms with E-state index in [-0.39, 0.29) is 28.9 Å². The summed E-state index contributed by atoms with van der Waals surface area (Å²) in [7, 11) is -3.72. The first-order valence-corrected chi connectivity index (χ1v) is 10.8. The minimum atomic E-state index is -3.72. The molecular formula is C18H23N5O5S. The summed E-state index contributed by atoms with van der Waals surface area (Å²) in [6, 6.07) is 4.64. The molecule has 1 saturated carbocycles. The number of carbonyl (C=O) groups is 1. The van der Waals surface area contributed by atoms with Gasteiger partial charge in [-0.3, -0.25) is 4.79 Å². The second kappa shape index (κ2) is 8.21. The molecule has 0 radical (unpaired) electrons. The van der Waals surface area contributed by atoms with Gasteiger partial charge in [0.1, 0.15) is 11.6 Å². The second-order valence-electron chi connectivity index (χ2n) is 6.98. The molecule has 5 N–H and O–H groups in total. The van der Waals surface area contributed by atoms with E-state index in [1.807, 2.05) is 6.92 Å². The van der Waals surface area contributed by atoms with Crippen molar-refractivity contribution in [1.82, 2.24) is 9.97 Å². The first-order chi connectivity index (χ1) is 13.7. The number of aromatic nitrogens is 2. The second-order valence-corrected chi connectivity index (χ2v) is 8.56. The molecule has 1 aliphatic rings. The number of amides is 1. The lowest BCUT2D eigenvalue weighted by Gasteiger charge is -2.16. The highest BCUT2D eigenvalue weighted by atomic mass is 32.2. The number of benzene rings is 1. The Labute approximate surface area is 168 Å². The Morgan fingerprint density at radius 1 is 1.41 bits per heavy atom. The van der Waals surface area contributed by atoms with E-state index in [1.54, 1.807) is 6.07 Å². The minimum Gasteiger partial charge on any atom is -0.392 e. The maximum atomic E-state index is 11.7. The summed E-state index contributed by atoms with van der Waals surface area (Å²) in [5, 5.41) is 15.7. The van der Waals surface area contributed by atoms with E-state index in [9.17, 15) is 18.3 Å². The monoisotopic (exact) mass is 421 g/mol. The molecule has 0 aliphatic heterocycles. The van der Waals surface area contributed by atoms with Gasteiger partial charge in [0, 0.05) is 23.5 Å². The van der Waals surface area contributed by atoms with Crippen LogP contribution in [-0.2, 0) is 16.7 Å². The van der Waals surface area contributed by atoms with Gasteiger partial charge in [-0.15, -0.1) is 0 Å². The van der Waals surface area contributed by atoms with E-state index in [0.717, 1.165) is 19.1 Å². The maximum absolute atomic E-state index is 11.7. The number of hydrogen-bond donors (Lipinski definition) is 4. The molecular weight excluding hydrogens is 398 g/mol. The largest absolute Gasteiger partial charge is 0.392 e. The molecule has 1 amide bonds. The number of nitrogens with zero attached hydrogens (tertiary/aromatic N) is 2. The average molecular weight is 421 g/mol. The normalized spacial score (nSPS) is 14.9. The Bertz CT molecular complexity index is 1020. The van der Waals surface area contributed by atoms with Crippen LogP contribution in [0, 0.1) is 5.92 Å². The van der Waals surface area contributed by atoms with Crippen LogP contribution in [-0.4, -0.2) is 41.7 Å². The van der Waals surface area contributed by atoms with Crippen molar-refractivity contribution in [1.29, 1.82) is 0 Å². The summed E-state index contributed by atoms with van der Waals surface area (Å²) in [5.41, 5.74) is 6.39. The number of nitrogens with one attached hydrogen (secondary N) is 2. The third kappa shape index (κ3) is 5.55. The quantitative estimate of drug-likeness (QED) is 0.439. The van der Waals surface area contributed by atoms with E-state index in [1.165, 1.54) is 18.3 Å². The SMILES string of the molecule is CC(Nc1nc(Nc2ccc(OS(C)(=O)=O)c(CO)c2)ncc1C(N)=O)C1CC1. The van der Waals surface area contributed by atoms with Crippen molar-refractivity contribution in [2.45, 2.75) is 32.4 Å². The zero-order valence-corrected chi connectivity index (χ0v) is 16.9. The van der Waals surface area contributed by atoms with Gasteiger partial charge in [-0.1, -0.05) is 0 Å². The fourth-order valence-electron chi connectivity index (χ4n) is 2.82. The van der Waals surface area contributed by atoms with Crippen LogP contribution in [0.4, 0.5) is 17.5 Å². The average Bonchev–Trinajstić information content (AvgIpc) is 3.47. The Balaban J connectivity index is 1.84. The molecule has 0 bridgehead atoms. The first kappa shape index (κ1) is 20.8. The first-order valence-electron chi connectivity index (χ1n) is 9.00. The summed E-state index contributed by atoms with van der Waals surface area (Å²) in [6.45, 7) is 1.60. The fraction of sp³-hybridized carbons (Fsp3) is 0.389. The van der Waals surface area contributed by atoms with Gasteiger partial charge in [-0.05, 0) is 43.9 Å². The molecule has 1 aromatic heterocycles. The Hall–Kier alpha value is -2.92. The molecule has 156 valence electrons. The molecule has 1 atom stereocenters. The van der Waals surface area contributed by atoms with Crippen molar-refractivity contribution < 1.29 is 22.5 Å². The van der Waals surface area contributed by atoms with Crippen molar-refractivity contribution in [2.75, 3.05) is 16.9 Å². The zero-order valence-electron chi connectivity index (χ0n) is 16.0. The van der Waals surface area contributed by atoms with Crippen LogP contribution in [0.1, 0.15) is 35.7 Å². The lowest BCUT2D eigenvalue weighted by Crippen LogP contribution is -2.23. The molecule has 1 aliphatic carbocycles. The summed E-state index contributed by atoms with van der Waals surface area (Å²) in [4.78, 5) is 20.1. The third-order valence-electron chi connectivity index (χ3n) is 4.48. The lowest BCUT2D eigenvalue weighted by molar-refractivity contribution is 0.100. The van der Waals surface area contributed by atoms with Gasteiger partial charge in [0.05, 0.1) is 18.4 Å². The highest BCUT2D eigenvalue weighted by Crippen LogP contribution is 2.34. The summed E-state index contributed by atoms with van der Waals surface area (Å²) in [5.74, 6) is 0.490.